The highest BCUT2D eigenvalue weighted by Crippen LogP contribution is 2.49. The van der Waals surface area contributed by atoms with Gasteiger partial charge in [0.2, 0.25) is 0 Å². The van der Waals surface area contributed by atoms with Crippen LogP contribution in [0.2, 0.25) is 0 Å². The summed E-state index contributed by atoms with van der Waals surface area (Å²) in [6.07, 6.45) is 7.88. The summed E-state index contributed by atoms with van der Waals surface area (Å²) < 4.78 is 0. The van der Waals surface area contributed by atoms with Gasteiger partial charge in [-0.05, 0) is 38.5 Å². The topological polar surface area (TPSA) is 27.0 Å². The van der Waals surface area contributed by atoms with Crippen LogP contribution in [0.1, 0.15) is 38.5 Å². The van der Waals surface area contributed by atoms with E-state index in [9.17, 15) is 0 Å². The number of hydrogen-bond acceptors (Lipinski definition) is 2. The third kappa shape index (κ3) is 1.10. The van der Waals surface area contributed by atoms with Crippen LogP contribution in [0.25, 0.3) is 0 Å². The minimum absolute atomic E-state index is 0.0885. The van der Waals surface area contributed by atoms with Crippen molar-refractivity contribution in [3.8, 4) is 6.07 Å². The second kappa shape index (κ2) is 2.48. The van der Waals surface area contributed by atoms with Crippen molar-refractivity contribution in [2.75, 3.05) is 6.54 Å². The average molecular weight is 176 g/mol. The zero-order valence-corrected chi connectivity index (χ0v) is 8.00. The van der Waals surface area contributed by atoms with Gasteiger partial charge in [0.1, 0.15) is 0 Å². The van der Waals surface area contributed by atoms with Crippen LogP contribution in [0.4, 0.5) is 0 Å². The molecule has 0 amide bonds. The van der Waals surface area contributed by atoms with Gasteiger partial charge in [-0.1, -0.05) is 0 Å². The third-order valence-electron chi connectivity index (χ3n) is 4.18. The Morgan fingerprint density at radius 2 is 1.69 bits per heavy atom. The van der Waals surface area contributed by atoms with Gasteiger partial charge in [0.15, 0.2) is 0 Å². The van der Waals surface area contributed by atoms with Crippen LogP contribution in [-0.4, -0.2) is 23.5 Å². The molecule has 70 valence electrons. The summed E-state index contributed by atoms with van der Waals surface area (Å²) >= 11 is 0. The smallest absolute Gasteiger partial charge is 0.0703 e. The quantitative estimate of drug-likeness (QED) is 0.642. The van der Waals surface area contributed by atoms with Gasteiger partial charge in [-0.2, -0.15) is 5.26 Å². The summed E-state index contributed by atoms with van der Waals surface area (Å²) in [5.41, 5.74) is 0.0885. The maximum atomic E-state index is 9.03. The molecular weight excluding hydrogens is 160 g/mol. The van der Waals surface area contributed by atoms with Gasteiger partial charge in [0, 0.05) is 18.6 Å². The Labute approximate surface area is 79.5 Å². The van der Waals surface area contributed by atoms with Crippen molar-refractivity contribution < 1.29 is 0 Å². The van der Waals surface area contributed by atoms with E-state index in [2.05, 4.69) is 11.0 Å². The van der Waals surface area contributed by atoms with Crippen LogP contribution >= 0.6 is 0 Å². The molecule has 0 radical (unpaired) electrons. The Bertz CT molecular complexity index is 242. The Balaban J connectivity index is 1.71. The summed E-state index contributed by atoms with van der Waals surface area (Å²) in [6.45, 7) is 1.08. The Morgan fingerprint density at radius 3 is 2.08 bits per heavy atom. The maximum Gasteiger partial charge on any atom is 0.0703 e. The molecule has 3 rings (SSSR count). The standard InChI is InChI=1S/C11H16N2/c12-7-11(5-6-11)8-13-9-1-2-10(13)4-3-9/h9-10H,1-6,8H2. The molecule has 0 aromatic carbocycles. The molecule has 2 heteroatoms. The lowest BCUT2D eigenvalue weighted by Crippen LogP contribution is -2.33. The first-order chi connectivity index (χ1) is 6.33. The van der Waals surface area contributed by atoms with Gasteiger partial charge < -0.3 is 0 Å². The number of fused-ring (bicyclic) bond motifs is 2. The highest BCUT2D eigenvalue weighted by molar-refractivity contribution is 5.13. The second-order valence-electron chi connectivity index (χ2n) is 5.03. The summed E-state index contributed by atoms with van der Waals surface area (Å²) in [4.78, 5) is 2.64. The summed E-state index contributed by atoms with van der Waals surface area (Å²) in [7, 11) is 0. The zero-order chi connectivity index (χ0) is 8.89. The number of nitriles is 1. The van der Waals surface area contributed by atoms with Gasteiger partial charge >= 0.3 is 0 Å². The molecule has 2 bridgehead atoms. The van der Waals surface area contributed by atoms with Crippen LogP contribution in [0.5, 0.6) is 0 Å². The van der Waals surface area contributed by atoms with Crippen LogP contribution in [0, 0.1) is 16.7 Å². The molecule has 1 saturated carbocycles. The average Bonchev–Trinajstić information content (AvgIpc) is 2.75. The molecule has 0 aromatic heterocycles. The minimum Gasteiger partial charge on any atom is -0.296 e. The lowest BCUT2D eigenvalue weighted by molar-refractivity contribution is 0.222. The molecular formula is C11H16N2. The summed E-state index contributed by atoms with van der Waals surface area (Å²) in [6, 6.07) is 4.19. The summed E-state index contributed by atoms with van der Waals surface area (Å²) in [5, 5.41) is 9.03. The van der Waals surface area contributed by atoms with Crippen LogP contribution < -0.4 is 0 Å². The first kappa shape index (κ1) is 7.82. The van der Waals surface area contributed by atoms with Crippen LogP contribution in [0.15, 0.2) is 0 Å². The molecule has 1 aliphatic carbocycles. The van der Waals surface area contributed by atoms with E-state index in [1.54, 1.807) is 0 Å². The van der Waals surface area contributed by atoms with Gasteiger partial charge in [-0.15, -0.1) is 0 Å². The first-order valence-corrected chi connectivity index (χ1v) is 5.50. The fraction of sp³-hybridized carbons (Fsp3) is 0.909. The van der Waals surface area contributed by atoms with Crippen molar-refractivity contribution in [3.05, 3.63) is 0 Å². The van der Waals surface area contributed by atoms with Crippen molar-refractivity contribution in [3.63, 3.8) is 0 Å². The second-order valence-corrected chi connectivity index (χ2v) is 5.03. The van der Waals surface area contributed by atoms with E-state index in [0.717, 1.165) is 31.5 Å². The van der Waals surface area contributed by atoms with Crippen molar-refractivity contribution in [2.24, 2.45) is 5.41 Å². The normalized spacial score (nSPS) is 40.5. The molecule has 2 aliphatic heterocycles. The van der Waals surface area contributed by atoms with Crippen LogP contribution in [0.3, 0.4) is 0 Å². The Morgan fingerprint density at radius 1 is 1.15 bits per heavy atom. The first-order valence-electron chi connectivity index (χ1n) is 5.50. The van der Waals surface area contributed by atoms with Crippen molar-refractivity contribution in [2.45, 2.75) is 50.6 Å². The monoisotopic (exact) mass is 176 g/mol. The van der Waals surface area contributed by atoms with E-state index >= 15 is 0 Å². The van der Waals surface area contributed by atoms with Gasteiger partial charge in [-0.3, -0.25) is 4.90 Å². The number of nitrogens with zero attached hydrogens (tertiary/aromatic N) is 2. The molecule has 13 heavy (non-hydrogen) atoms. The molecule has 0 aromatic rings. The summed E-state index contributed by atoms with van der Waals surface area (Å²) in [5.74, 6) is 0. The molecule has 0 N–H and O–H groups in total. The highest BCUT2D eigenvalue weighted by Gasteiger charge is 2.49. The zero-order valence-electron chi connectivity index (χ0n) is 8.00. The Hall–Kier alpha value is -0.550. The van der Waals surface area contributed by atoms with E-state index in [1.807, 2.05) is 0 Å². The van der Waals surface area contributed by atoms with Crippen molar-refractivity contribution in [1.82, 2.24) is 4.90 Å². The van der Waals surface area contributed by atoms with E-state index in [1.165, 1.54) is 25.7 Å². The van der Waals surface area contributed by atoms with E-state index in [0.29, 0.717) is 0 Å². The van der Waals surface area contributed by atoms with Gasteiger partial charge in [-0.25, -0.2) is 0 Å². The highest BCUT2D eigenvalue weighted by atomic mass is 15.2. The molecule has 0 spiro atoms. The fourth-order valence-electron chi connectivity index (χ4n) is 3.08. The van der Waals surface area contributed by atoms with Crippen LogP contribution in [-0.2, 0) is 0 Å². The minimum atomic E-state index is 0.0885. The molecule has 3 aliphatic rings. The lowest BCUT2D eigenvalue weighted by atomic mass is 10.0. The molecule has 2 heterocycles. The maximum absolute atomic E-state index is 9.03. The number of hydrogen-bond donors (Lipinski definition) is 0. The van der Waals surface area contributed by atoms with Crippen molar-refractivity contribution >= 4 is 0 Å². The van der Waals surface area contributed by atoms with Gasteiger partial charge in [0.25, 0.3) is 0 Å². The number of rotatable bonds is 2. The fourth-order valence-corrected chi connectivity index (χ4v) is 3.08. The van der Waals surface area contributed by atoms with E-state index in [-0.39, 0.29) is 5.41 Å². The van der Waals surface area contributed by atoms with E-state index in [4.69, 9.17) is 5.26 Å². The predicted octanol–water partition coefficient (Wildman–Crippen LogP) is 1.92. The molecule has 0 atom stereocenters. The van der Waals surface area contributed by atoms with Crippen molar-refractivity contribution in [1.29, 1.82) is 5.26 Å². The predicted molar refractivity (Wildman–Crippen MR) is 50.0 cm³/mol. The SMILES string of the molecule is N#CC1(CN2C3CCC2CC3)CC1. The third-order valence-corrected chi connectivity index (χ3v) is 4.18. The van der Waals surface area contributed by atoms with Gasteiger partial charge in [0.05, 0.1) is 11.5 Å². The Kier molecular flexibility index (Phi) is 1.49. The molecule has 3 fully saturated rings. The molecule has 2 nitrogen and oxygen atoms in total. The largest absolute Gasteiger partial charge is 0.296 e. The lowest BCUT2D eigenvalue weighted by Gasteiger charge is -2.23. The molecule has 2 saturated heterocycles. The van der Waals surface area contributed by atoms with E-state index < -0.39 is 0 Å². The molecule has 0 unspecified atom stereocenters.